The largest absolute Gasteiger partial charge is 0.481 e. The van der Waals surface area contributed by atoms with Gasteiger partial charge in [0.15, 0.2) is 0 Å². The first-order valence-corrected chi connectivity index (χ1v) is 15.3. The Kier molecular flexibility index (Phi) is 6.94. The Morgan fingerprint density at radius 3 is 2.09 bits per heavy atom. The summed E-state index contributed by atoms with van der Waals surface area (Å²) in [5.41, 5.74) is -1.87. The van der Waals surface area contributed by atoms with Crippen LogP contribution in [0.3, 0.4) is 0 Å². The molecule has 3 unspecified atom stereocenters. The van der Waals surface area contributed by atoms with Crippen LogP contribution in [0.25, 0.3) is 0 Å². The number of carbonyl (C=O) groups excluding carboxylic acids is 1. The van der Waals surface area contributed by atoms with Gasteiger partial charge in [0.1, 0.15) is 0 Å². The summed E-state index contributed by atoms with van der Waals surface area (Å²) in [5.74, 6) is -0.652. The third-order valence-electron chi connectivity index (χ3n) is 11.6. The fourth-order valence-corrected chi connectivity index (χ4v) is 8.67. The lowest BCUT2D eigenvalue weighted by Crippen LogP contribution is -2.56. The van der Waals surface area contributed by atoms with Crippen LogP contribution in [0.5, 0.6) is 0 Å². The second kappa shape index (κ2) is 9.96. The van der Waals surface area contributed by atoms with E-state index in [1.165, 1.54) is 12.1 Å². The highest BCUT2D eigenvalue weighted by atomic mass is 19.4. The zero-order valence-corrected chi connectivity index (χ0v) is 25.1. The van der Waals surface area contributed by atoms with Crippen molar-refractivity contribution >= 4 is 17.6 Å². The molecule has 9 heteroatoms. The number of carboxylic acid groups (broad SMARTS) is 1. The minimum atomic E-state index is -5.03. The molecule has 3 atom stereocenters. The van der Waals surface area contributed by atoms with Crippen molar-refractivity contribution in [3.63, 3.8) is 0 Å². The number of carbonyl (C=O) groups is 2. The van der Waals surface area contributed by atoms with E-state index in [0.29, 0.717) is 77.7 Å². The van der Waals surface area contributed by atoms with E-state index in [1.807, 2.05) is 36.0 Å². The molecule has 0 radical (unpaired) electrons. The molecule has 4 aliphatic carbocycles. The molecule has 2 bridgehead atoms. The molecule has 1 heterocycles. The van der Waals surface area contributed by atoms with Crippen LogP contribution in [0, 0.1) is 10.8 Å². The molecule has 1 amide bonds. The summed E-state index contributed by atoms with van der Waals surface area (Å²) in [6, 6.07) is 12.4. The minimum absolute atomic E-state index is 0.106. The lowest BCUT2D eigenvalue weighted by molar-refractivity contribution is -0.228. The van der Waals surface area contributed by atoms with E-state index in [0.717, 1.165) is 22.4 Å². The number of nitrogens with zero attached hydrogens (tertiary/aromatic N) is 2. The number of aliphatic carboxylic acids is 1. The molecule has 0 spiro atoms. The number of halogens is 4. The molecule has 3 saturated carbocycles. The first-order chi connectivity index (χ1) is 20.1. The second-order valence-corrected chi connectivity index (χ2v) is 13.9. The molecule has 5 aliphatic rings. The van der Waals surface area contributed by atoms with Crippen molar-refractivity contribution < 1.29 is 32.3 Å². The lowest BCUT2D eigenvalue weighted by Gasteiger charge is -2.52. The number of benzene rings is 2. The molecule has 1 aliphatic heterocycles. The van der Waals surface area contributed by atoms with Crippen molar-refractivity contribution in [2.45, 2.75) is 94.4 Å². The number of rotatable bonds is 6. The zero-order chi connectivity index (χ0) is 31.0. The predicted octanol–water partition coefficient (Wildman–Crippen LogP) is 6.95. The highest BCUT2D eigenvalue weighted by Crippen LogP contribution is 2.59. The average Bonchev–Trinajstić information content (AvgIpc) is 3.36. The summed E-state index contributed by atoms with van der Waals surface area (Å²) < 4.78 is 55.9. The van der Waals surface area contributed by atoms with E-state index >= 15 is 4.39 Å². The van der Waals surface area contributed by atoms with Gasteiger partial charge in [-0.1, -0.05) is 30.3 Å². The summed E-state index contributed by atoms with van der Waals surface area (Å²) in [6.07, 6.45) is 0.568. The standard InChI is InChI=1S/C34H40F4N2O3/c1-30(35,34(36,37)38)24-7-10-26-23(20-24)6-11-27-33(26,21-22-4-8-25(9-5-22)39(2)3)18-19-40(27)28(41)31-12-15-32(16-13-31,17-14-31)29(42)43/h4-5,7-10,20,27H,6,11-19,21H2,1-3H3,(H,42,43). The van der Waals surface area contributed by atoms with Crippen molar-refractivity contribution in [2.24, 2.45) is 10.8 Å². The average molecular weight is 601 g/mol. The number of likely N-dealkylation sites (tertiary alicyclic amines) is 1. The van der Waals surface area contributed by atoms with Crippen molar-refractivity contribution in [1.29, 1.82) is 0 Å². The highest BCUT2D eigenvalue weighted by Gasteiger charge is 2.60. The van der Waals surface area contributed by atoms with Gasteiger partial charge in [0.05, 0.1) is 5.41 Å². The van der Waals surface area contributed by atoms with Crippen LogP contribution in [0.2, 0.25) is 0 Å². The van der Waals surface area contributed by atoms with Gasteiger partial charge in [-0.3, -0.25) is 9.59 Å². The highest BCUT2D eigenvalue weighted by molar-refractivity contribution is 5.86. The molecule has 232 valence electrons. The summed E-state index contributed by atoms with van der Waals surface area (Å²) >= 11 is 0. The fraction of sp³-hybridized carbons (Fsp3) is 0.588. The second-order valence-electron chi connectivity index (χ2n) is 13.9. The van der Waals surface area contributed by atoms with E-state index < -0.39 is 34.1 Å². The van der Waals surface area contributed by atoms with Gasteiger partial charge >= 0.3 is 12.1 Å². The van der Waals surface area contributed by atoms with Gasteiger partial charge in [0, 0.05) is 43.2 Å². The van der Waals surface area contributed by atoms with Gasteiger partial charge in [-0.15, -0.1) is 0 Å². The normalized spacial score (nSPS) is 31.2. The minimum Gasteiger partial charge on any atom is -0.481 e. The number of anilines is 1. The van der Waals surface area contributed by atoms with Gasteiger partial charge in [0.25, 0.3) is 0 Å². The monoisotopic (exact) mass is 600 g/mol. The first-order valence-electron chi connectivity index (χ1n) is 15.3. The Hall–Kier alpha value is -3.10. The fourth-order valence-electron chi connectivity index (χ4n) is 8.67. The van der Waals surface area contributed by atoms with Crippen LogP contribution in [0.4, 0.5) is 23.2 Å². The summed E-state index contributed by atoms with van der Waals surface area (Å²) in [5, 5.41) is 9.85. The molecule has 2 aromatic rings. The smallest absolute Gasteiger partial charge is 0.426 e. The number of alkyl halides is 4. The molecule has 0 aromatic heterocycles. The van der Waals surface area contributed by atoms with Crippen molar-refractivity contribution in [3.8, 4) is 0 Å². The summed E-state index contributed by atoms with van der Waals surface area (Å²) in [6.45, 7) is 1.11. The molecule has 1 saturated heterocycles. The van der Waals surface area contributed by atoms with Crippen LogP contribution >= 0.6 is 0 Å². The first kappa shape index (κ1) is 29.9. The molecule has 5 nitrogen and oxygen atoms in total. The Morgan fingerprint density at radius 1 is 0.930 bits per heavy atom. The molecule has 7 rings (SSSR count). The van der Waals surface area contributed by atoms with Crippen molar-refractivity contribution in [1.82, 2.24) is 4.90 Å². The number of carboxylic acids is 1. The summed E-state index contributed by atoms with van der Waals surface area (Å²) in [7, 11) is 3.93. The summed E-state index contributed by atoms with van der Waals surface area (Å²) in [4.78, 5) is 30.5. The SMILES string of the molecule is CN(C)c1ccc(CC23CCN(C(=O)C45CCC(C(=O)O)(CC4)CC5)C2CCc2cc(C(C)(F)C(F)(F)F)ccc23)cc1. The Labute approximate surface area is 250 Å². The number of aryl methyl sites for hydroxylation is 1. The maximum Gasteiger partial charge on any atom is 0.426 e. The Balaban J connectivity index is 1.37. The van der Waals surface area contributed by atoms with Gasteiger partial charge in [-0.05, 0) is 106 Å². The molecule has 1 N–H and O–H groups in total. The van der Waals surface area contributed by atoms with Gasteiger partial charge in [-0.2, -0.15) is 13.2 Å². The van der Waals surface area contributed by atoms with E-state index in [4.69, 9.17) is 0 Å². The van der Waals surface area contributed by atoms with Crippen LogP contribution in [0.15, 0.2) is 42.5 Å². The lowest BCUT2D eigenvalue weighted by atomic mass is 9.53. The van der Waals surface area contributed by atoms with E-state index in [2.05, 4.69) is 12.1 Å². The van der Waals surface area contributed by atoms with E-state index in [9.17, 15) is 27.9 Å². The van der Waals surface area contributed by atoms with Gasteiger partial charge < -0.3 is 14.9 Å². The zero-order valence-electron chi connectivity index (χ0n) is 25.1. The number of fused-ring (bicyclic) bond motifs is 6. The van der Waals surface area contributed by atoms with Gasteiger partial charge in [-0.25, -0.2) is 4.39 Å². The third-order valence-corrected chi connectivity index (χ3v) is 11.6. The van der Waals surface area contributed by atoms with Crippen LogP contribution in [-0.2, 0) is 33.5 Å². The van der Waals surface area contributed by atoms with Crippen LogP contribution in [-0.4, -0.2) is 54.7 Å². The molecule has 4 fully saturated rings. The number of hydrogen-bond donors (Lipinski definition) is 1. The Bertz CT molecular complexity index is 1410. The van der Waals surface area contributed by atoms with Crippen LogP contribution in [0.1, 0.15) is 80.5 Å². The van der Waals surface area contributed by atoms with E-state index in [-0.39, 0.29) is 17.5 Å². The van der Waals surface area contributed by atoms with Crippen molar-refractivity contribution in [2.75, 3.05) is 25.5 Å². The van der Waals surface area contributed by atoms with Crippen molar-refractivity contribution in [3.05, 3.63) is 64.7 Å². The molecule has 43 heavy (non-hydrogen) atoms. The number of hydrogen-bond acceptors (Lipinski definition) is 3. The maximum atomic E-state index is 15.0. The number of amides is 1. The molecular formula is C34H40F4N2O3. The van der Waals surface area contributed by atoms with Crippen LogP contribution < -0.4 is 4.90 Å². The van der Waals surface area contributed by atoms with Gasteiger partial charge in [0.2, 0.25) is 11.6 Å². The van der Waals surface area contributed by atoms with E-state index in [1.54, 1.807) is 6.07 Å². The predicted molar refractivity (Wildman–Crippen MR) is 156 cm³/mol. The third kappa shape index (κ3) is 4.55. The molecule has 2 aromatic carbocycles. The topological polar surface area (TPSA) is 60.9 Å². The maximum absolute atomic E-state index is 15.0. The molecular weight excluding hydrogens is 560 g/mol. The Morgan fingerprint density at radius 2 is 1.53 bits per heavy atom. The quantitative estimate of drug-likeness (QED) is 0.365.